The van der Waals surface area contributed by atoms with Crippen LogP contribution in [0.5, 0.6) is 11.5 Å². The number of nitrogens with one attached hydrogen (secondary N) is 2. The fourth-order valence-corrected chi connectivity index (χ4v) is 5.01. The molecule has 4 rings (SSSR count). The number of nitrogens with zero attached hydrogens (tertiary/aromatic N) is 2. The number of rotatable bonds is 8. The average molecular weight is 515 g/mol. The van der Waals surface area contributed by atoms with Crippen molar-refractivity contribution in [1.82, 2.24) is 15.3 Å². The third-order valence-electron chi connectivity index (χ3n) is 5.03. The second-order valence-corrected chi connectivity index (χ2v) is 10.1. The minimum Gasteiger partial charge on any atom is -0.457 e. The third-order valence-corrected chi connectivity index (χ3v) is 7.47. The summed E-state index contributed by atoms with van der Waals surface area (Å²) in [6, 6.07) is 10.0. The summed E-state index contributed by atoms with van der Waals surface area (Å²) in [5, 5.41) is 15.4. The summed E-state index contributed by atoms with van der Waals surface area (Å²) in [5.41, 5.74) is 1.76. The highest BCUT2D eigenvalue weighted by atomic mass is 32.2. The Morgan fingerprint density at radius 2 is 2.06 bits per heavy atom. The number of carbonyl (C=O) groups excluding carboxylic acids is 1. The van der Waals surface area contributed by atoms with E-state index in [0.717, 1.165) is 11.3 Å². The molecule has 0 aliphatic heterocycles. The summed E-state index contributed by atoms with van der Waals surface area (Å²) in [7, 11) is 0.258. The molecule has 1 aromatic carbocycles. The van der Waals surface area contributed by atoms with Crippen molar-refractivity contribution < 1.29 is 23.2 Å². The van der Waals surface area contributed by atoms with Gasteiger partial charge < -0.3 is 15.2 Å². The van der Waals surface area contributed by atoms with E-state index in [4.69, 9.17) is 4.74 Å². The number of aliphatic hydroxyl groups is 1. The van der Waals surface area contributed by atoms with E-state index in [9.17, 15) is 18.5 Å². The second-order valence-electron chi connectivity index (χ2n) is 7.57. The molecule has 0 radical (unpaired) electrons. The lowest BCUT2D eigenvalue weighted by molar-refractivity contribution is 0.102. The van der Waals surface area contributed by atoms with Gasteiger partial charge in [-0.1, -0.05) is 12.2 Å². The van der Waals surface area contributed by atoms with Crippen molar-refractivity contribution in [1.29, 1.82) is 0 Å². The number of allylic oxidation sites excluding steroid dienone is 4. The molecule has 11 heteroatoms. The van der Waals surface area contributed by atoms with Gasteiger partial charge in [0.2, 0.25) is 0 Å². The lowest BCUT2D eigenvalue weighted by Crippen LogP contribution is -2.16. The SMILES string of the molecule is CNC(O)c1cc(Oc2ccc(NC(=O)c3nc(S(C)=O)sc3C3=CCC(F)C=C3)cc2)ccn1. The lowest BCUT2D eigenvalue weighted by atomic mass is 10.0. The molecule has 2 aromatic heterocycles. The van der Waals surface area contributed by atoms with Gasteiger partial charge in [-0.3, -0.25) is 19.3 Å². The highest BCUT2D eigenvalue weighted by Gasteiger charge is 2.23. The summed E-state index contributed by atoms with van der Waals surface area (Å²) < 4.78 is 31.6. The van der Waals surface area contributed by atoms with Crippen LogP contribution in [-0.2, 0) is 10.8 Å². The first kappa shape index (κ1) is 24.9. The Hall–Kier alpha value is -3.25. The molecular weight excluding hydrogens is 491 g/mol. The summed E-state index contributed by atoms with van der Waals surface area (Å²) in [4.78, 5) is 22.0. The van der Waals surface area contributed by atoms with Crippen LogP contribution in [0, 0.1) is 0 Å². The molecule has 0 saturated carbocycles. The predicted molar refractivity (Wildman–Crippen MR) is 134 cm³/mol. The van der Waals surface area contributed by atoms with Crippen LogP contribution in [0.15, 0.2) is 65.2 Å². The minimum atomic E-state index is -1.36. The van der Waals surface area contributed by atoms with Crippen LogP contribution < -0.4 is 15.4 Å². The number of carbonyl (C=O) groups is 1. The molecular formula is C24H23FN4O4S2. The van der Waals surface area contributed by atoms with Gasteiger partial charge >= 0.3 is 0 Å². The molecule has 182 valence electrons. The zero-order valence-electron chi connectivity index (χ0n) is 18.9. The van der Waals surface area contributed by atoms with Crippen LogP contribution in [0.25, 0.3) is 5.57 Å². The number of alkyl halides is 1. The number of aliphatic hydroxyl groups excluding tert-OH is 1. The number of pyridine rings is 1. The Morgan fingerprint density at radius 3 is 2.71 bits per heavy atom. The molecule has 0 spiro atoms. The smallest absolute Gasteiger partial charge is 0.275 e. The largest absolute Gasteiger partial charge is 0.457 e. The van der Waals surface area contributed by atoms with Crippen molar-refractivity contribution in [2.75, 3.05) is 18.6 Å². The number of benzene rings is 1. The molecule has 1 aliphatic carbocycles. The molecule has 3 aromatic rings. The highest BCUT2D eigenvalue weighted by molar-refractivity contribution is 7.86. The zero-order chi connectivity index (χ0) is 24.9. The van der Waals surface area contributed by atoms with E-state index in [2.05, 4.69) is 20.6 Å². The first-order valence-electron chi connectivity index (χ1n) is 10.6. The van der Waals surface area contributed by atoms with Gasteiger partial charge in [-0.25, -0.2) is 9.37 Å². The van der Waals surface area contributed by atoms with Crippen LogP contribution in [0.3, 0.4) is 0 Å². The van der Waals surface area contributed by atoms with E-state index in [1.165, 1.54) is 18.5 Å². The first-order chi connectivity index (χ1) is 16.8. The monoisotopic (exact) mass is 514 g/mol. The normalized spacial score (nSPS) is 16.9. The minimum absolute atomic E-state index is 0.140. The summed E-state index contributed by atoms with van der Waals surface area (Å²) in [6.45, 7) is 0. The van der Waals surface area contributed by atoms with Crippen LogP contribution in [0.2, 0.25) is 0 Å². The fraction of sp³-hybridized carbons (Fsp3) is 0.208. The topological polar surface area (TPSA) is 113 Å². The molecule has 0 fully saturated rings. The maximum absolute atomic E-state index is 13.5. The van der Waals surface area contributed by atoms with Crippen LogP contribution >= 0.6 is 11.3 Å². The van der Waals surface area contributed by atoms with Crippen LogP contribution in [0.4, 0.5) is 10.1 Å². The predicted octanol–water partition coefficient (Wildman–Crippen LogP) is 4.21. The van der Waals surface area contributed by atoms with Crippen molar-refractivity contribution in [2.45, 2.75) is 23.2 Å². The van der Waals surface area contributed by atoms with Gasteiger partial charge in [-0.05, 0) is 49.0 Å². The number of hydrogen-bond acceptors (Lipinski definition) is 8. The van der Waals surface area contributed by atoms with Gasteiger partial charge in [0.25, 0.3) is 5.91 Å². The van der Waals surface area contributed by atoms with Crippen molar-refractivity contribution in [2.24, 2.45) is 0 Å². The van der Waals surface area contributed by atoms with E-state index in [1.807, 2.05) is 0 Å². The molecule has 8 nitrogen and oxygen atoms in total. The van der Waals surface area contributed by atoms with Crippen LogP contribution in [0.1, 0.15) is 33.7 Å². The quantitative estimate of drug-likeness (QED) is 0.386. The summed E-state index contributed by atoms with van der Waals surface area (Å²) in [5.74, 6) is 0.561. The third kappa shape index (κ3) is 6.06. The molecule has 35 heavy (non-hydrogen) atoms. The van der Waals surface area contributed by atoms with Gasteiger partial charge in [0.05, 0.1) is 21.4 Å². The van der Waals surface area contributed by atoms with Crippen molar-refractivity contribution >= 4 is 39.3 Å². The summed E-state index contributed by atoms with van der Waals surface area (Å²) in [6.07, 6.45) is 6.04. The lowest BCUT2D eigenvalue weighted by Gasteiger charge is -2.12. The fourth-order valence-electron chi connectivity index (χ4n) is 3.26. The van der Waals surface area contributed by atoms with E-state index >= 15 is 0 Å². The molecule has 1 aliphatic rings. The van der Waals surface area contributed by atoms with Crippen molar-refractivity contribution in [3.05, 3.63) is 77.1 Å². The second kappa shape index (κ2) is 11.0. The number of aromatic nitrogens is 2. The molecule has 3 unspecified atom stereocenters. The van der Waals surface area contributed by atoms with Gasteiger partial charge in [0.1, 0.15) is 29.6 Å². The Labute approximate surface area is 208 Å². The van der Waals surface area contributed by atoms with Gasteiger partial charge in [0.15, 0.2) is 4.34 Å². The molecule has 0 saturated heterocycles. The molecule has 2 heterocycles. The van der Waals surface area contributed by atoms with Crippen molar-refractivity contribution in [3.63, 3.8) is 0 Å². The Morgan fingerprint density at radius 1 is 1.29 bits per heavy atom. The first-order valence-corrected chi connectivity index (χ1v) is 13.0. The van der Waals surface area contributed by atoms with E-state index in [1.54, 1.807) is 55.6 Å². The highest BCUT2D eigenvalue weighted by Crippen LogP contribution is 2.32. The zero-order valence-corrected chi connectivity index (χ0v) is 20.5. The molecule has 3 atom stereocenters. The standard InChI is InChI=1S/C24H23FN4O4S2/c1-26-22(30)19-13-18(11-12-27-19)33-17-9-7-16(8-10-17)28-23(31)20-21(34-24(29-20)35(2)32)14-3-5-15(25)6-4-14/h3-5,7-13,15,22,26,30H,6H2,1-2H3,(H,28,31). The Bertz CT molecular complexity index is 1310. The number of ether oxygens (including phenoxy) is 1. The number of halogens is 1. The van der Waals surface area contributed by atoms with Crippen LogP contribution in [-0.4, -0.2) is 44.7 Å². The number of amides is 1. The molecule has 1 amide bonds. The molecule has 3 N–H and O–H groups in total. The Balaban J connectivity index is 1.49. The van der Waals surface area contributed by atoms with E-state index in [-0.39, 0.29) is 12.1 Å². The van der Waals surface area contributed by atoms with E-state index < -0.39 is 29.1 Å². The average Bonchev–Trinajstić information content (AvgIpc) is 3.31. The Kier molecular flexibility index (Phi) is 7.81. The molecule has 0 bridgehead atoms. The van der Waals surface area contributed by atoms with E-state index in [0.29, 0.717) is 37.7 Å². The van der Waals surface area contributed by atoms with Gasteiger partial charge in [0, 0.05) is 30.6 Å². The number of hydrogen-bond donors (Lipinski definition) is 3. The number of anilines is 1. The van der Waals surface area contributed by atoms with Gasteiger partial charge in [-0.2, -0.15) is 0 Å². The van der Waals surface area contributed by atoms with Crippen molar-refractivity contribution in [3.8, 4) is 11.5 Å². The maximum Gasteiger partial charge on any atom is 0.275 e. The van der Waals surface area contributed by atoms with Gasteiger partial charge in [-0.15, -0.1) is 11.3 Å². The summed E-state index contributed by atoms with van der Waals surface area (Å²) >= 11 is 1.16. The maximum atomic E-state index is 13.5. The number of thiazole rings is 1.